The van der Waals surface area contributed by atoms with E-state index in [1.165, 1.54) is 11.3 Å². The standard InChI is InChI=1S/C20H23N3O2S/c1-13(2)12-16(19(24)22-11-10-21)23-20(25)18-9-8-17(26-18)15-7-5-4-6-14(15)3/h4-9,13,16H,11-12H2,1-3H3,(H,22,24)(H,23,25)/t16-/m0/s1. The van der Waals surface area contributed by atoms with Crippen LogP contribution in [0.25, 0.3) is 10.4 Å². The second-order valence-corrected chi connectivity index (χ2v) is 7.59. The van der Waals surface area contributed by atoms with Crippen molar-refractivity contribution in [1.82, 2.24) is 10.6 Å². The molecule has 0 fully saturated rings. The average molecular weight is 369 g/mol. The molecule has 6 heteroatoms. The lowest BCUT2D eigenvalue weighted by Crippen LogP contribution is -2.47. The molecule has 2 aromatic rings. The summed E-state index contributed by atoms with van der Waals surface area (Å²) in [5.41, 5.74) is 2.25. The molecule has 1 heterocycles. The highest BCUT2D eigenvalue weighted by atomic mass is 32.1. The molecule has 0 saturated heterocycles. The number of nitriles is 1. The van der Waals surface area contributed by atoms with E-state index in [2.05, 4.69) is 10.6 Å². The van der Waals surface area contributed by atoms with Gasteiger partial charge in [-0.3, -0.25) is 9.59 Å². The molecule has 1 aromatic heterocycles. The van der Waals surface area contributed by atoms with Crippen LogP contribution in [0.2, 0.25) is 0 Å². The van der Waals surface area contributed by atoms with Crippen molar-refractivity contribution in [1.29, 1.82) is 5.26 Å². The topological polar surface area (TPSA) is 82.0 Å². The first kappa shape index (κ1) is 19.7. The molecule has 0 aliphatic rings. The largest absolute Gasteiger partial charge is 0.341 e. The Labute approximate surface area is 158 Å². The molecule has 2 N–H and O–H groups in total. The molecule has 2 rings (SSSR count). The third-order valence-electron chi connectivity index (χ3n) is 3.91. The number of carbonyl (C=O) groups is 2. The summed E-state index contributed by atoms with van der Waals surface area (Å²) >= 11 is 1.40. The fourth-order valence-electron chi connectivity index (χ4n) is 2.64. The van der Waals surface area contributed by atoms with Crippen LogP contribution in [0, 0.1) is 24.2 Å². The fourth-order valence-corrected chi connectivity index (χ4v) is 3.64. The highest BCUT2D eigenvalue weighted by Crippen LogP contribution is 2.30. The number of hydrogen-bond donors (Lipinski definition) is 2. The zero-order valence-electron chi connectivity index (χ0n) is 15.2. The number of aryl methyl sites for hydroxylation is 1. The first-order valence-electron chi connectivity index (χ1n) is 8.53. The Morgan fingerprint density at radius 3 is 2.58 bits per heavy atom. The van der Waals surface area contributed by atoms with Crippen LogP contribution >= 0.6 is 11.3 Å². The lowest BCUT2D eigenvalue weighted by atomic mass is 10.0. The van der Waals surface area contributed by atoms with E-state index in [0.717, 1.165) is 16.0 Å². The summed E-state index contributed by atoms with van der Waals surface area (Å²) in [6.45, 7) is 5.93. The van der Waals surface area contributed by atoms with Crippen LogP contribution in [0.15, 0.2) is 36.4 Å². The summed E-state index contributed by atoms with van der Waals surface area (Å²) in [5, 5.41) is 13.9. The van der Waals surface area contributed by atoms with Gasteiger partial charge in [0.2, 0.25) is 5.91 Å². The maximum Gasteiger partial charge on any atom is 0.262 e. The molecule has 1 aromatic carbocycles. The van der Waals surface area contributed by atoms with Gasteiger partial charge in [0.05, 0.1) is 10.9 Å². The number of nitrogens with one attached hydrogen (secondary N) is 2. The monoisotopic (exact) mass is 369 g/mol. The first-order chi connectivity index (χ1) is 12.4. The first-order valence-corrected chi connectivity index (χ1v) is 9.35. The van der Waals surface area contributed by atoms with Gasteiger partial charge >= 0.3 is 0 Å². The van der Waals surface area contributed by atoms with Crippen LogP contribution in [0.4, 0.5) is 0 Å². The number of benzene rings is 1. The van der Waals surface area contributed by atoms with E-state index in [4.69, 9.17) is 5.26 Å². The fraction of sp³-hybridized carbons (Fsp3) is 0.350. The number of nitrogens with zero attached hydrogens (tertiary/aromatic N) is 1. The van der Waals surface area contributed by atoms with Gasteiger partial charge in [0.1, 0.15) is 12.6 Å². The summed E-state index contributed by atoms with van der Waals surface area (Å²) in [6, 6.07) is 12.9. The van der Waals surface area contributed by atoms with E-state index in [-0.39, 0.29) is 24.3 Å². The van der Waals surface area contributed by atoms with Crippen LogP contribution < -0.4 is 10.6 Å². The molecule has 136 valence electrons. The van der Waals surface area contributed by atoms with Gasteiger partial charge in [-0.1, -0.05) is 38.1 Å². The minimum absolute atomic E-state index is 0.0697. The van der Waals surface area contributed by atoms with E-state index in [1.54, 1.807) is 6.07 Å². The number of thiophene rings is 1. The van der Waals surface area contributed by atoms with E-state index in [9.17, 15) is 9.59 Å². The molecular formula is C20H23N3O2S. The van der Waals surface area contributed by atoms with Gasteiger partial charge in [0.15, 0.2) is 0 Å². The minimum atomic E-state index is -0.653. The normalized spacial score (nSPS) is 11.7. The molecule has 5 nitrogen and oxygen atoms in total. The number of hydrogen-bond acceptors (Lipinski definition) is 4. The predicted octanol–water partition coefficient (Wildman–Crippen LogP) is 3.51. The Kier molecular flexibility index (Phi) is 6.93. The quantitative estimate of drug-likeness (QED) is 0.733. The van der Waals surface area contributed by atoms with E-state index >= 15 is 0 Å². The zero-order chi connectivity index (χ0) is 19.1. The summed E-state index contributed by atoms with van der Waals surface area (Å²) < 4.78 is 0. The number of carbonyl (C=O) groups excluding carboxylic acids is 2. The number of rotatable bonds is 7. The van der Waals surface area contributed by atoms with Crippen molar-refractivity contribution in [2.24, 2.45) is 5.92 Å². The van der Waals surface area contributed by atoms with Gasteiger partial charge in [0.25, 0.3) is 5.91 Å². The van der Waals surface area contributed by atoms with Crippen molar-refractivity contribution in [3.63, 3.8) is 0 Å². The van der Waals surface area contributed by atoms with Gasteiger partial charge in [-0.05, 0) is 42.5 Å². The zero-order valence-corrected chi connectivity index (χ0v) is 16.0. The van der Waals surface area contributed by atoms with Crippen molar-refractivity contribution in [3.05, 3.63) is 46.8 Å². The number of amides is 2. The Balaban J connectivity index is 2.13. The average Bonchev–Trinajstić information content (AvgIpc) is 3.09. The van der Waals surface area contributed by atoms with Crippen LogP contribution in [0.3, 0.4) is 0 Å². The Morgan fingerprint density at radius 1 is 1.19 bits per heavy atom. The summed E-state index contributed by atoms with van der Waals surface area (Å²) in [5.74, 6) is -0.365. The second kappa shape index (κ2) is 9.16. The Bertz CT molecular complexity index is 820. The van der Waals surface area contributed by atoms with Gasteiger partial charge in [-0.25, -0.2) is 0 Å². The Morgan fingerprint density at radius 2 is 1.92 bits per heavy atom. The molecule has 26 heavy (non-hydrogen) atoms. The summed E-state index contributed by atoms with van der Waals surface area (Å²) in [6.07, 6.45) is 0.513. The van der Waals surface area contributed by atoms with Crippen LogP contribution in [-0.2, 0) is 4.79 Å². The lowest BCUT2D eigenvalue weighted by molar-refractivity contribution is -0.123. The lowest BCUT2D eigenvalue weighted by Gasteiger charge is -2.19. The van der Waals surface area contributed by atoms with Crippen LogP contribution in [0.1, 0.15) is 35.5 Å². The molecule has 0 aliphatic heterocycles. The van der Waals surface area contributed by atoms with E-state index in [1.807, 2.05) is 57.2 Å². The minimum Gasteiger partial charge on any atom is -0.341 e. The SMILES string of the molecule is Cc1ccccc1-c1ccc(C(=O)N[C@@H](CC(C)C)C(=O)NCC#N)s1. The predicted molar refractivity (Wildman–Crippen MR) is 104 cm³/mol. The van der Waals surface area contributed by atoms with Gasteiger partial charge in [0, 0.05) is 4.88 Å². The van der Waals surface area contributed by atoms with Crippen LogP contribution in [0.5, 0.6) is 0 Å². The second-order valence-electron chi connectivity index (χ2n) is 6.51. The Hall–Kier alpha value is -2.65. The van der Waals surface area contributed by atoms with Gasteiger partial charge in [-0.2, -0.15) is 5.26 Å². The molecule has 0 saturated carbocycles. The summed E-state index contributed by atoms with van der Waals surface area (Å²) in [4.78, 5) is 26.4. The molecular weight excluding hydrogens is 346 g/mol. The third kappa shape index (κ3) is 5.17. The molecule has 0 unspecified atom stereocenters. The van der Waals surface area contributed by atoms with Crippen LogP contribution in [-0.4, -0.2) is 24.4 Å². The highest BCUT2D eigenvalue weighted by Gasteiger charge is 2.23. The third-order valence-corrected chi connectivity index (χ3v) is 5.03. The molecule has 0 spiro atoms. The maximum absolute atomic E-state index is 12.6. The molecule has 0 radical (unpaired) electrons. The molecule has 0 bridgehead atoms. The van der Waals surface area contributed by atoms with Crippen molar-refractivity contribution in [2.75, 3.05) is 6.54 Å². The van der Waals surface area contributed by atoms with Gasteiger partial charge < -0.3 is 10.6 Å². The van der Waals surface area contributed by atoms with Gasteiger partial charge in [-0.15, -0.1) is 11.3 Å². The maximum atomic E-state index is 12.6. The van der Waals surface area contributed by atoms with E-state index in [0.29, 0.717) is 11.3 Å². The van der Waals surface area contributed by atoms with E-state index < -0.39 is 6.04 Å². The summed E-state index contributed by atoms with van der Waals surface area (Å²) in [7, 11) is 0. The smallest absolute Gasteiger partial charge is 0.262 e. The van der Waals surface area contributed by atoms with Crippen molar-refractivity contribution in [2.45, 2.75) is 33.2 Å². The molecule has 2 amide bonds. The molecule has 0 aliphatic carbocycles. The van der Waals surface area contributed by atoms with Crippen molar-refractivity contribution >= 4 is 23.2 Å². The molecule has 1 atom stereocenters. The highest BCUT2D eigenvalue weighted by molar-refractivity contribution is 7.17. The van der Waals surface area contributed by atoms with Crippen molar-refractivity contribution < 1.29 is 9.59 Å². The van der Waals surface area contributed by atoms with Crippen molar-refractivity contribution in [3.8, 4) is 16.5 Å².